The minimum absolute atomic E-state index is 0.0310. The largest absolute Gasteiger partial charge is 0.490 e. The molecular weight excluding hydrogens is 624 g/mol. The predicted octanol–water partition coefficient (Wildman–Crippen LogP) is 5.85. The standard InChI is InChI=1S/C40H64O9/c1-12-15-31(41)25(5)18-19-33-39(48-33)29(9)37(44)28(8)38-32(46-10)17-14-16-23(3)20-26(6)35(42)30(13-2)36(43)27(7)21-24(4)22-34(47-11)40(45)49-38/h12,14-19,21-22,25-33,35-39,41-44H,13,20H2,1-11H3. The molecule has 0 amide bonds. The highest BCUT2D eigenvalue weighted by molar-refractivity contribution is 5.87. The highest BCUT2D eigenvalue weighted by Crippen LogP contribution is 2.37. The molecule has 0 aromatic carbocycles. The normalized spacial score (nSPS) is 34.1. The van der Waals surface area contributed by atoms with E-state index >= 15 is 0 Å². The van der Waals surface area contributed by atoms with Gasteiger partial charge >= 0.3 is 5.97 Å². The fraction of sp³-hybridized carbons (Fsp3) is 0.675. The molecule has 2 aliphatic rings. The van der Waals surface area contributed by atoms with Crippen molar-refractivity contribution in [2.75, 3.05) is 14.2 Å². The zero-order valence-corrected chi connectivity index (χ0v) is 31.5. The molecule has 14 atom stereocenters. The van der Waals surface area contributed by atoms with Gasteiger partial charge in [0.2, 0.25) is 5.76 Å². The Bertz CT molecular complexity index is 1220. The third kappa shape index (κ3) is 12.3. The summed E-state index contributed by atoms with van der Waals surface area (Å²) < 4.78 is 23.3. The van der Waals surface area contributed by atoms with E-state index in [1.807, 2.05) is 98.8 Å². The molecule has 1 fully saturated rings. The zero-order chi connectivity index (χ0) is 37.0. The fourth-order valence-corrected chi connectivity index (χ4v) is 6.82. The molecule has 1 saturated heterocycles. The molecule has 2 heterocycles. The Morgan fingerprint density at radius 1 is 1.02 bits per heavy atom. The number of aliphatic hydroxyl groups is 4. The van der Waals surface area contributed by atoms with E-state index < -0.39 is 48.5 Å². The van der Waals surface area contributed by atoms with Crippen LogP contribution in [0.5, 0.6) is 0 Å². The Balaban J connectivity index is 2.44. The molecule has 0 radical (unpaired) electrons. The van der Waals surface area contributed by atoms with Crippen molar-refractivity contribution in [1.82, 2.24) is 0 Å². The van der Waals surface area contributed by atoms with Crippen LogP contribution in [0.15, 0.2) is 71.6 Å². The Morgan fingerprint density at radius 2 is 1.67 bits per heavy atom. The fourth-order valence-electron chi connectivity index (χ4n) is 6.82. The molecule has 278 valence electrons. The first-order chi connectivity index (χ1) is 23.1. The lowest BCUT2D eigenvalue weighted by atomic mass is 9.79. The molecule has 2 aliphatic heterocycles. The molecule has 14 unspecified atom stereocenters. The predicted molar refractivity (Wildman–Crippen MR) is 193 cm³/mol. The van der Waals surface area contributed by atoms with E-state index in [4.69, 9.17) is 18.9 Å². The van der Waals surface area contributed by atoms with Gasteiger partial charge in [-0.25, -0.2) is 4.79 Å². The van der Waals surface area contributed by atoms with Gasteiger partial charge in [0.25, 0.3) is 0 Å². The van der Waals surface area contributed by atoms with Crippen LogP contribution < -0.4 is 0 Å². The van der Waals surface area contributed by atoms with Gasteiger partial charge in [-0.3, -0.25) is 0 Å². The van der Waals surface area contributed by atoms with E-state index in [1.165, 1.54) is 14.2 Å². The van der Waals surface area contributed by atoms with Gasteiger partial charge in [-0.15, -0.1) is 0 Å². The topological polar surface area (TPSA) is 138 Å². The second kappa shape index (κ2) is 20.4. The maximum Gasteiger partial charge on any atom is 0.373 e. The van der Waals surface area contributed by atoms with Crippen LogP contribution in [0, 0.1) is 35.5 Å². The van der Waals surface area contributed by atoms with E-state index in [0.717, 1.165) is 5.57 Å². The highest BCUT2D eigenvalue weighted by Gasteiger charge is 2.47. The first kappa shape index (κ1) is 42.6. The Hall–Kier alpha value is -2.53. The van der Waals surface area contributed by atoms with Crippen molar-refractivity contribution in [3.63, 3.8) is 0 Å². The first-order valence-electron chi connectivity index (χ1n) is 17.8. The summed E-state index contributed by atoms with van der Waals surface area (Å²) in [4.78, 5) is 13.6. The molecule has 4 N–H and O–H groups in total. The van der Waals surface area contributed by atoms with Crippen LogP contribution in [0.1, 0.15) is 75.2 Å². The summed E-state index contributed by atoms with van der Waals surface area (Å²) in [6.45, 7) is 17.2. The maximum absolute atomic E-state index is 13.6. The van der Waals surface area contributed by atoms with Crippen molar-refractivity contribution < 1.29 is 44.2 Å². The van der Waals surface area contributed by atoms with Crippen LogP contribution in [0.25, 0.3) is 0 Å². The number of aliphatic hydroxyl groups excluding tert-OH is 4. The van der Waals surface area contributed by atoms with Gasteiger partial charge in [-0.05, 0) is 45.6 Å². The third-order valence-electron chi connectivity index (χ3n) is 10.1. The van der Waals surface area contributed by atoms with Gasteiger partial charge in [0.1, 0.15) is 18.3 Å². The summed E-state index contributed by atoms with van der Waals surface area (Å²) in [6, 6.07) is 0. The summed E-state index contributed by atoms with van der Waals surface area (Å²) >= 11 is 0. The van der Waals surface area contributed by atoms with E-state index in [-0.39, 0.29) is 47.6 Å². The van der Waals surface area contributed by atoms with Gasteiger partial charge in [0.15, 0.2) is 0 Å². The lowest BCUT2D eigenvalue weighted by Crippen LogP contribution is -2.45. The van der Waals surface area contributed by atoms with Gasteiger partial charge < -0.3 is 39.4 Å². The molecule has 0 aromatic rings. The molecule has 9 nitrogen and oxygen atoms in total. The molecule has 0 spiro atoms. The average molecular weight is 689 g/mol. The molecule has 0 aliphatic carbocycles. The van der Waals surface area contributed by atoms with Crippen LogP contribution in [0.2, 0.25) is 0 Å². The van der Waals surface area contributed by atoms with Gasteiger partial charge in [0.05, 0.1) is 37.6 Å². The Morgan fingerprint density at radius 3 is 2.27 bits per heavy atom. The quantitative estimate of drug-likeness (QED) is 0.120. The number of carbonyl (C=O) groups excluding carboxylic acids is 1. The van der Waals surface area contributed by atoms with Crippen molar-refractivity contribution in [2.45, 2.75) is 124 Å². The van der Waals surface area contributed by atoms with Crippen LogP contribution >= 0.6 is 0 Å². The minimum Gasteiger partial charge on any atom is -0.490 e. The Labute approximate surface area is 295 Å². The second-order valence-electron chi connectivity index (χ2n) is 14.2. The molecule has 2 rings (SSSR count). The number of esters is 1. The number of carbonyl (C=O) groups is 1. The molecule has 0 bridgehead atoms. The van der Waals surface area contributed by atoms with E-state index in [1.54, 1.807) is 18.2 Å². The van der Waals surface area contributed by atoms with Crippen molar-refractivity contribution in [3.8, 4) is 0 Å². The zero-order valence-electron chi connectivity index (χ0n) is 31.5. The Kier molecular flexibility index (Phi) is 17.7. The smallest absolute Gasteiger partial charge is 0.373 e. The first-order valence-corrected chi connectivity index (χ1v) is 17.8. The second-order valence-corrected chi connectivity index (χ2v) is 14.2. The summed E-state index contributed by atoms with van der Waals surface area (Å²) in [7, 11) is 2.92. The van der Waals surface area contributed by atoms with Crippen molar-refractivity contribution in [1.29, 1.82) is 0 Å². The summed E-state index contributed by atoms with van der Waals surface area (Å²) in [5.74, 6) is -2.42. The molecule has 0 aromatic heterocycles. The van der Waals surface area contributed by atoms with Gasteiger partial charge in [0, 0.05) is 36.7 Å². The number of ether oxygens (including phenoxy) is 4. The van der Waals surface area contributed by atoms with Crippen molar-refractivity contribution in [3.05, 3.63) is 71.6 Å². The van der Waals surface area contributed by atoms with Crippen LogP contribution in [-0.4, -0.2) is 89.4 Å². The number of hydrogen-bond donors (Lipinski definition) is 4. The molecular formula is C40H64O9. The van der Waals surface area contributed by atoms with Gasteiger partial charge in [-0.1, -0.05) is 101 Å². The highest BCUT2D eigenvalue weighted by atomic mass is 16.6. The van der Waals surface area contributed by atoms with Crippen LogP contribution in [-0.2, 0) is 23.7 Å². The van der Waals surface area contributed by atoms with E-state index in [0.29, 0.717) is 18.4 Å². The maximum atomic E-state index is 13.6. The third-order valence-corrected chi connectivity index (χ3v) is 10.1. The summed E-state index contributed by atoms with van der Waals surface area (Å²) in [6.07, 6.45) is 12.6. The van der Waals surface area contributed by atoms with E-state index in [9.17, 15) is 25.2 Å². The van der Waals surface area contributed by atoms with Crippen LogP contribution in [0.3, 0.4) is 0 Å². The van der Waals surface area contributed by atoms with Crippen LogP contribution in [0.4, 0.5) is 0 Å². The average Bonchev–Trinajstić information content (AvgIpc) is 3.85. The monoisotopic (exact) mass is 688 g/mol. The summed E-state index contributed by atoms with van der Waals surface area (Å²) in [5.41, 5.74) is 1.72. The van der Waals surface area contributed by atoms with Crippen molar-refractivity contribution >= 4 is 5.97 Å². The number of hydrogen-bond acceptors (Lipinski definition) is 9. The lowest BCUT2D eigenvalue weighted by molar-refractivity contribution is -0.161. The molecule has 9 heteroatoms. The molecule has 49 heavy (non-hydrogen) atoms. The summed E-state index contributed by atoms with van der Waals surface area (Å²) in [5, 5.41) is 44.3. The van der Waals surface area contributed by atoms with Gasteiger partial charge in [-0.2, -0.15) is 0 Å². The van der Waals surface area contributed by atoms with Crippen molar-refractivity contribution in [2.24, 2.45) is 35.5 Å². The lowest BCUT2D eigenvalue weighted by Gasteiger charge is -2.34. The number of epoxide rings is 1. The number of allylic oxidation sites excluding steroid dienone is 6. The SMILES string of the molecule is CC=CC(O)C(C)C=CC1OC1C(C)C(O)C(C)C1OC(=O)C(OC)=CC(C)=CC(C)C(O)C(CC)C(O)C(C)CC(C)=CC=CC1OC. The number of rotatable bonds is 11. The number of cyclic esters (lactones) is 1. The molecule has 0 saturated carbocycles. The van der Waals surface area contributed by atoms with E-state index in [2.05, 4.69) is 0 Å². The minimum atomic E-state index is -0.916. The number of methoxy groups -OCH3 is 2.